The van der Waals surface area contributed by atoms with Crippen LogP contribution in [-0.4, -0.2) is 26.0 Å². The Hall–Kier alpha value is -4.08. The number of aryl methyl sites for hydroxylation is 1. The van der Waals surface area contributed by atoms with Crippen LogP contribution in [0.4, 0.5) is 10.1 Å². The van der Waals surface area contributed by atoms with Gasteiger partial charge in [0.05, 0.1) is 5.69 Å². The minimum atomic E-state index is -0.483. The predicted octanol–water partition coefficient (Wildman–Crippen LogP) is 5.91. The summed E-state index contributed by atoms with van der Waals surface area (Å²) in [7, 11) is 0. The first-order valence-corrected chi connectivity index (χ1v) is 11.3. The van der Waals surface area contributed by atoms with Gasteiger partial charge in [0.15, 0.2) is 10.9 Å². The molecule has 7 nitrogen and oxygen atoms in total. The topological polar surface area (TPSA) is 85.0 Å². The summed E-state index contributed by atoms with van der Waals surface area (Å²) < 4.78 is 18.9. The average Bonchev–Trinajstić information content (AvgIpc) is 3.48. The van der Waals surface area contributed by atoms with Crippen molar-refractivity contribution in [1.82, 2.24) is 20.3 Å². The van der Waals surface area contributed by atoms with Gasteiger partial charge in [-0.15, -0.1) is 10.2 Å². The van der Waals surface area contributed by atoms with E-state index in [2.05, 4.69) is 20.8 Å². The van der Waals surface area contributed by atoms with E-state index in [0.29, 0.717) is 33.2 Å². The summed E-state index contributed by atoms with van der Waals surface area (Å²) in [4.78, 5) is 14.1. The molecule has 0 aliphatic carbocycles. The Morgan fingerprint density at radius 2 is 1.69 bits per heavy atom. The molecule has 2 heterocycles. The highest BCUT2D eigenvalue weighted by molar-refractivity contribution is 7.80. The van der Waals surface area contributed by atoms with Crippen molar-refractivity contribution in [2.45, 2.75) is 6.92 Å². The number of carbonyl (C=O) groups is 1. The minimum Gasteiger partial charge on any atom is -0.451 e. The van der Waals surface area contributed by atoms with Crippen LogP contribution in [0.1, 0.15) is 16.1 Å². The van der Waals surface area contributed by atoms with Gasteiger partial charge in [-0.1, -0.05) is 11.6 Å². The van der Waals surface area contributed by atoms with E-state index in [4.69, 9.17) is 28.2 Å². The second kappa shape index (κ2) is 9.28. The lowest BCUT2D eigenvalue weighted by molar-refractivity contribution is 0.0951. The van der Waals surface area contributed by atoms with Crippen LogP contribution in [0.2, 0.25) is 5.02 Å². The quantitative estimate of drug-likeness (QED) is 0.295. The number of hydrogen-bond acceptors (Lipinski definition) is 5. The van der Waals surface area contributed by atoms with Gasteiger partial charge in [0.2, 0.25) is 0 Å². The fourth-order valence-electron chi connectivity index (χ4n) is 3.44. The molecule has 0 saturated heterocycles. The summed E-state index contributed by atoms with van der Waals surface area (Å²) in [6.45, 7) is 1.88. The number of fused-ring (bicyclic) bond motifs is 1. The summed E-state index contributed by atoms with van der Waals surface area (Å²) in [5.41, 5.74) is 4.21. The van der Waals surface area contributed by atoms with Gasteiger partial charge in [-0.3, -0.25) is 10.1 Å². The Bertz CT molecular complexity index is 1560. The monoisotopic (exact) mass is 505 g/mol. The van der Waals surface area contributed by atoms with Crippen LogP contribution in [0.5, 0.6) is 0 Å². The lowest BCUT2D eigenvalue weighted by Crippen LogP contribution is -2.34. The molecule has 0 atom stereocenters. The zero-order valence-electron chi connectivity index (χ0n) is 18.3. The van der Waals surface area contributed by atoms with E-state index in [9.17, 15) is 9.18 Å². The Labute approximate surface area is 209 Å². The predicted molar refractivity (Wildman–Crippen MR) is 136 cm³/mol. The smallest absolute Gasteiger partial charge is 0.293 e. The van der Waals surface area contributed by atoms with E-state index in [1.54, 1.807) is 54.6 Å². The Morgan fingerprint density at radius 1 is 1.00 bits per heavy atom. The third-order valence-corrected chi connectivity index (χ3v) is 5.67. The maximum atomic E-state index is 13.2. The number of amides is 1. The highest BCUT2D eigenvalue weighted by atomic mass is 35.5. The third kappa shape index (κ3) is 4.91. The van der Waals surface area contributed by atoms with E-state index < -0.39 is 5.91 Å². The number of rotatable bonds is 4. The van der Waals surface area contributed by atoms with Crippen LogP contribution in [0.25, 0.3) is 28.0 Å². The van der Waals surface area contributed by atoms with E-state index in [-0.39, 0.29) is 16.7 Å². The molecule has 0 spiro atoms. The summed E-state index contributed by atoms with van der Waals surface area (Å²) >= 11 is 11.2. The number of nitrogens with zero attached hydrogens (tertiary/aromatic N) is 3. The third-order valence-electron chi connectivity index (χ3n) is 5.22. The van der Waals surface area contributed by atoms with E-state index in [1.165, 1.54) is 16.9 Å². The largest absolute Gasteiger partial charge is 0.451 e. The van der Waals surface area contributed by atoms with Crippen molar-refractivity contribution >= 4 is 51.6 Å². The van der Waals surface area contributed by atoms with Gasteiger partial charge in [0.1, 0.15) is 22.6 Å². The standard InChI is InChI=1S/C25H17ClFN5O2S/c1-14-12-20-21(31-32(30-20)18-8-6-17(27)7-9-18)13-19(14)28-25(35)29-24(33)23-11-10-22(34-23)15-2-4-16(26)5-3-15/h2-13H,1H3,(H2,28,29,33,35). The second-order valence-corrected chi connectivity index (χ2v) is 8.55. The Balaban J connectivity index is 1.29. The zero-order valence-corrected chi connectivity index (χ0v) is 19.8. The summed E-state index contributed by atoms with van der Waals surface area (Å²) in [5.74, 6) is -0.160. The number of nitrogens with one attached hydrogen (secondary N) is 2. The van der Waals surface area contributed by atoms with Gasteiger partial charge >= 0.3 is 0 Å². The normalized spacial score (nSPS) is 10.9. The lowest BCUT2D eigenvalue weighted by Gasteiger charge is -2.10. The molecular formula is C25H17ClFN5O2S. The highest BCUT2D eigenvalue weighted by Crippen LogP contribution is 2.25. The van der Waals surface area contributed by atoms with Gasteiger partial charge in [-0.25, -0.2) is 4.39 Å². The van der Waals surface area contributed by atoms with Crippen molar-refractivity contribution in [3.63, 3.8) is 0 Å². The molecule has 10 heteroatoms. The highest BCUT2D eigenvalue weighted by Gasteiger charge is 2.15. The van der Waals surface area contributed by atoms with Crippen LogP contribution >= 0.6 is 23.8 Å². The fourth-order valence-corrected chi connectivity index (χ4v) is 3.77. The van der Waals surface area contributed by atoms with Crippen molar-refractivity contribution in [2.75, 3.05) is 5.32 Å². The molecule has 5 rings (SSSR count). The maximum Gasteiger partial charge on any atom is 0.293 e. The molecule has 0 fully saturated rings. The zero-order chi connectivity index (χ0) is 24.5. The van der Waals surface area contributed by atoms with Gasteiger partial charge in [-0.2, -0.15) is 4.80 Å². The number of hydrogen-bond donors (Lipinski definition) is 2. The molecule has 2 N–H and O–H groups in total. The van der Waals surface area contributed by atoms with Crippen LogP contribution < -0.4 is 10.6 Å². The van der Waals surface area contributed by atoms with Crippen LogP contribution in [0.15, 0.2) is 77.2 Å². The number of thiocarbonyl (C=S) groups is 1. The number of furan rings is 1. The van der Waals surface area contributed by atoms with Gasteiger partial charge in [0.25, 0.3) is 5.91 Å². The van der Waals surface area contributed by atoms with Crippen molar-refractivity contribution < 1.29 is 13.6 Å². The molecule has 0 radical (unpaired) electrons. The van der Waals surface area contributed by atoms with Crippen molar-refractivity contribution in [3.8, 4) is 17.0 Å². The second-order valence-electron chi connectivity index (χ2n) is 7.70. The number of halogens is 2. The molecule has 5 aromatic rings. The molecule has 3 aromatic carbocycles. The SMILES string of the molecule is Cc1cc2nn(-c3ccc(F)cc3)nc2cc1NC(=S)NC(=O)c1ccc(-c2ccc(Cl)cc2)o1. The van der Waals surface area contributed by atoms with Crippen molar-refractivity contribution in [2.24, 2.45) is 0 Å². The molecule has 0 aliphatic rings. The van der Waals surface area contributed by atoms with Gasteiger partial charge in [-0.05, 0) is 97.5 Å². The number of carbonyl (C=O) groups excluding carboxylic acids is 1. The molecular weight excluding hydrogens is 489 g/mol. The first kappa shape index (κ1) is 22.7. The van der Waals surface area contributed by atoms with Crippen LogP contribution in [0.3, 0.4) is 0 Å². The average molecular weight is 506 g/mol. The molecule has 0 unspecified atom stereocenters. The Kier molecular flexibility index (Phi) is 6.02. The summed E-state index contributed by atoms with van der Waals surface area (Å²) in [5, 5.41) is 15.3. The summed E-state index contributed by atoms with van der Waals surface area (Å²) in [6, 6.07) is 19.9. The molecule has 0 aliphatic heterocycles. The first-order valence-electron chi connectivity index (χ1n) is 10.5. The fraction of sp³-hybridized carbons (Fsp3) is 0.0400. The van der Waals surface area contributed by atoms with E-state index in [0.717, 1.165) is 11.1 Å². The molecule has 0 bridgehead atoms. The van der Waals surface area contributed by atoms with Crippen molar-refractivity contribution in [3.05, 3.63) is 95.0 Å². The maximum absolute atomic E-state index is 13.2. The number of benzene rings is 3. The molecule has 1 amide bonds. The Morgan fingerprint density at radius 3 is 2.40 bits per heavy atom. The molecule has 0 saturated carbocycles. The molecule has 35 heavy (non-hydrogen) atoms. The van der Waals surface area contributed by atoms with Crippen LogP contribution in [-0.2, 0) is 0 Å². The van der Waals surface area contributed by atoms with Crippen LogP contribution in [0, 0.1) is 12.7 Å². The van der Waals surface area contributed by atoms with Crippen molar-refractivity contribution in [1.29, 1.82) is 0 Å². The van der Waals surface area contributed by atoms with Gasteiger partial charge < -0.3 is 9.73 Å². The molecule has 174 valence electrons. The number of aromatic nitrogens is 3. The van der Waals surface area contributed by atoms with E-state index in [1.807, 2.05) is 13.0 Å². The van der Waals surface area contributed by atoms with E-state index >= 15 is 0 Å². The molecule has 2 aromatic heterocycles. The minimum absolute atomic E-state index is 0.104. The van der Waals surface area contributed by atoms with Gasteiger partial charge in [0, 0.05) is 16.3 Å². The lowest BCUT2D eigenvalue weighted by atomic mass is 10.2. The first-order chi connectivity index (χ1) is 16.9. The number of anilines is 1. The summed E-state index contributed by atoms with van der Waals surface area (Å²) in [6.07, 6.45) is 0.